The molecule has 0 aromatic heterocycles. The molecule has 0 radical (unpaired) electrons. The molecule has 60 valence electrons. The molecular formula is C7H15NOTe. The van der Waals surface area contributed by atoms with E-state index in [4.69, 9.17) is 0 Å². The van der Waals surface area contributed by atoms with Gasteiger partial charge in [0.2, 0.25) is 0 Å². The molecule has 10 heavy (non-hydrogen) atoms. The average Bonchev–Trinajstić information content (AvgIpc) is 1.88. The molecule has 0 heterocycles. The van der Waals surface area contributed by atoms with E-state index >= 15 is 0 Å². The summed E-state index contributed by atoms with van der Waals surface area (Å²) in [7, 11) is 3.66. The quantitative estimate of drug-likeness (QED) is 0.553. The molecule has 0 bridgehead atoms. The Labute approximate surface area is 73.1 Å². The first-order valence-electron chi connectivity index (χ1n) is 3.52. The molecule has 3 heteroatoms. The summed E-state index contributed by atoms with van der Waals surface area (Å²) in [5, 5.41) is 0. The fraction of sp³-hybridized carbons (Fsp3) is 0.857. The van der Waals surface area contributed by atoms with Gasteiger partial charge in [-0.2, -0.15) is 0 Å². The second-order valence-corrected chi connectivity index (χ2v) is 5.35. The van der Waals surface area contributed by atoms with Crippen LogP contribution in [-0.4, -0.2) is 43.9 Å². The molecular weight excluding hydrogens is 242 g/mol. The Morgan fingerprint density at radius 3 is 2.50 bits per heavy atom. The second kappa shape index (κ2) is 6.00. The first kappa shape index (κ1) is 10.3. The van der Waals surface area contributed by atoms with E-state index in [0.717, 1.165) is 0 Å². The Morgan fingerprint density at radius 2 is 2.10 bits per heavy atom. The standard InChI is InChI=1S/C7H15NOTe/c1-4-5-6-10-7(9)8(2)3/h4-6H2,1-3H3. The SMILES string of the molecule is CCCC[Te]C(=O)N(C)C. The molecule has 0 fully saturated rings. The molecule has 0 saturated heterocycles. The number of carbonyl (C=O) groups is 1. The van der Waals surface area contributed by atoms with Crippen LogP contribution in [0.4, 0.5) is 4.79 Å². The molecule has 0 spiro atoms. The predicted octanol–water partition coefficient (Wildman–Crippen LogP) is 1.59. The third kappa shape index (κ3) is 5.08. The van der Waals surface area contributed by atoms with Crippen molar-refractivity contribution < 1.29 is 4.79 Å². The van der Waals surface area contributed by atoms with Gasteiger partial charge < -0.3 is 0 Å². The van der Waals surface area contributed by atoms with Crippen LogP contribution in [0.5, 0.6) is 0 Å². The van der Waals surface area contributed by atoms with Gasteiger partial charge in [0.15, 0.2) is 0 Å². The van der Waals surface area contributed by atoms with E-state index in [9.17, 15) is 4.79 Å². The molecule has 1 amide bonds. The van der Waals surface area contributed by atoms with E-state index in [1.807, 2.05) is 14.1 Å². The summed E-state index contributed by atoms with van der Waals surface area (Å²) in [6, 6.07) is 0. The second-order valence-electron chi connectivity index (χ2n) is 2.36. The third-order valence-corrected chi connectivity index (χ3v) is 4.24. The van der Waals surface area contributed by atoms with Crippen molar-refractivity contribution in [3.05, 3.63) is 0 Å². The molecule has 0 saturated carbocycles. The summed E-state index contributed by atoms with van der Waals surface area (Å²) in [5.41, 5.74) is 0. The molecule has 0 aliphatic carbocycles. The van der Waals surface area contributed by atoms with Gasteiger partial charge in [-0.05, 0) is 0 Å². The van der Waals surface area contributed by atoms with Gasteiger partial charge in [-0.15, -0.1) is 0 Å². The fourth-order valence-corrected chi connectivity index (χ4v) is 2.90. The van der Waals surface area contributed by atoms with Crippen LogP contribution in [0.2, 0.25) is 4.47 Å². The summed E-state index contributed by atoms with van der Waals surface area (Å²) in [6.07, 6.45) is 2.44. The normalized spacial score (nSPS) is 9.50. The zero-order chi connectivity index (χ0) is 7.98. The van der Waals surface area contributed by atoms with Crippen molar-refractivity contribution in [3.8, 4) is 0 Å². The Bertz CT molecular complexity index is 104. The van der Waals surface area contributed by atoms with Gasteiger partial charge in [0.25, 0.3) is 0 Å². The van der Waals surface area contributed by atoms with Crippen LogP contribution in [-0.2, 0) is 0 Å². The molecule has 0 N–H and O–H groups in total. The van der Waals surface area contributed by atoms with Crippen LogP contribution in [0.15, 0.2) is 0 Å². The molecule has 2 nitrogen and oxygen atoms in total. The number of hydrogen-bond donors (Lipinski definition) is 0. The van der Waals surface area contributed by atoms with Crippen LogP contribution in [0.1, 0.15) is 19.8 Å². The predicted molar refractivity (Wildman–Crippen MR) is 44.6 cm³/mol. The van der Waals surface area contributed by atoms with Gasteiger partial charge in [-0.1, -0.05) is 0 Å². The molecule has 0 rings (SSSR count). The van der Waals surface area contributed by atoms with Crippen molar-refractivity contribution in [2.24, 2.45) is 0 Å². The number of nitrogens with zero attached hydrogens (tertiary/aromatic N) is 1. The first-order chi connectivity index (χ1) is 4.68. The first-order valence-corrected chi connectivity index (χ1v) is 6.34. The Kier molecular flexibility index (Phi) is 6.16. The van der Waals surface area contributed by atoms with E-state index in [0.29, 0.717) is 3.96 Å². The number of hydrogen-bond acceptors (Lipinski definition) is 1. The minimum absolute atomic E-state index is 0.362. The van der Waals surface area contributed by atoms with Gasteiger partial charge in [0.05, 0.1) is 0 Å². The number of carbonyl (C=O) groups excluding carboxylic acids is 1. The summed E-state index contributed by atoms with van der Waals surface area (Å²) < 4.78 is 1.54. The summed E-state index contributed by atoms with van der Waals surface area (Å²) in [5.74, 6) is 0. The van der Waals surface area contributed by atoms with Crippen LogP contribution in [0.25, 0.3) is 0 Å². The third-order valence-electron chi connectivity index (χ3n) is 1.09. The summed E-state index contributed by atoms with van der Waals surface area (Å²) in [4.78, 5) is 12.7. The zero-order valence-corrected chi connectivity index (χ0v) is 9.22. The van der Waals surface area contributed by atoms with Crippen molar-refractivity contribution >= 4 is 24.9 Å². The molecule has 0 aliphatic rings. The Morgan fingerprint density at radius 1 is 1.50 bits per heavy atom. The number of unbranched alkanes of at least 4 members (excludes halogenated alkanes) is 1. The van der Waals surface area contributed by atoms with Crippen molar-refractivity contribution in [3.63, 3.8) is 0 Å². The average molecular weight is 257 g/mol. The maximum atomic E-state index is 11.0. The van der Waals surface area contributed by atoms with Crippen molar-refractivity contribution in [2.45, 2.75) is 24.2 Å². The maximum absolute atomic E-state index is 11.0. The zero-order valence-electron chi connectivity index (χ0n) is 6.89. The molecule has 0 atom stereocenters. The number of amides is 1. The molecule has 0 aromatic carbocycles. The molecule has 0 unspecified atom stereocenters. The van der Waals surface area contributed by atoms with Crippen molar-refractivity contribution in [1.29, 1.82) is 0 Å². The summed E-state index contributed by atoms with van der Waals surface area (Å²) in [6.45, 7) is 2.16. The van der Waals surface area contributed by atoms with Crippen LogP contribution in [0, 0.1) is 0 Å². The van der Waals surface area contributed by atoms with Crippen LogP contribution in [0.3, 0.4) is 0 Å². The van der Waals surface area contributed by atoms with E-state index in [2.05, 4.69) is 6.92 Å². The topological polar surface area (TPSA) is 20.3 Å². The molecule has 0 aliphatic heterocycles. The fourth-order valence-electron chi connectivity index (χ4n) is 0.433. The molecule has 0 aromatic rings. The minimum atomic E-state index is -0.362. The monoisotopic (exact) mass is 259 g/mol. The van der Waals surface area contributed by atoms with Gasteiger partial charge >= 0.3 is 72.9 Å². The number of rotatable bonds is 4. The van der Waals surface area contributed by atoms with Gasteiger partial charge in [-0.3, -0.25) is 0 Å². The van der Waals surface area contributed by atoms with Crippen LogP contribution < -0.4 is 0 Å². The van der Waals surface area contributed by atoms with Crippen molar-refractivity contribution in [1.82, 2.24) is 4.90 Å². The van der Waals surface area contributed by atoms with Gasteiger partial charge in [0, 0.05) is 0 Å². The van der Waals surface area contributed by atoms with Crippen molar-refractivity contribution in [2.75, 3.05) is 14.1 Å². The van der Waals surface area contributed by atoms with Gasteiger partial charge in [0.1, 0.15) is 0 Å². The summed E-state index contributed by atoms with van der Waals surface area (Å²) >= 11 is -0.362. The Balaban J connectivity index is 3.22. The van der Waals surface area contributed by atoms with Gasteiger partial charge in [-0.25, -0.2) is 0 Å². The van der Waals surface area contributed by atoms with E-state index in [1.54, 1.807) is 4.90 Å². The Hall–Kier alpha value is 0.260. The van der Waals surface area contributed by atoms with E-state index < -0.39 is 0 Å². The van der Waals surface area contributed by atoms with Crippen LogP contribution >= 0.6 is 0 Å². The van der Waals surface area contributed by atoms with E-state index in [-0.39, 0.29) is 20.9 Å². The van der Waals surface area contributed by atoms with E-state index in [1.165, 1.54) is 17.3 Å².